The Bertz CT molecular complexity index is 654. The molecular weight excluding hydrogens is 304 g/mol. The van der Waals surface area contributed by atoms with Gasteiger partial charge in [0.05, 0.1) is 11.4 Å². The van der Waals surface area contributed by atoms with Crippen LogP contribution in [0.25, 0.3) is 0 Å². The van der Waals surface area contributed by atoms with E-state index in [0.717, 1.165) is 29.9 Å². The molecule has 1 aliphatic rings. The van der Waals surface area contributed by atoms with Gasteiger partial charge in [-0.3, -0.25) is 0 Å². The second-order valence-corrected chi connectivity index (χ2v) is 7.90. The highest BCUT2D eigenvalue weighted by atomic mass is 32.2. The zero-order valence-corrected chi connectivity index (χ0v) is 13.7. The van der Waals surface area contributed by atoms with E-state index in [2.05, 4.69) is 16.6 Å². The number of sulfonamides is 1. The summed E-state index contributed by atoms with van der Waals surface area (Å²) in [7, 11) is -3.50. The first-order chi connectivity index (χ1) is 10.0. The Hall–Kier alpha value is -1.000. The lowest BCUT2D eigenvalue weighted by Crippen LogP contribution is -2.37. The van der Waals surface area contributed by atoms with Crippen molar-refractivity contribution in [3.8, 4) is 11.8 Å². The van der Waals surface area contributed by atoms with Crippen molar-refractivity contribution in [2.45, 2.75) is 30.7 Å². The highest BCUT2D eigenvalue weighted by molar-refractivity contribution is 7.99. The van der Waals surface area contributed by atoms with Crippen molar-refractivity contribution in [3.05, 3.63) is 29.3 Å². The third kappa shape index (κ3) is 4.48. The van der Waals surface area contributed by atoms with E-state index in [1.54, 1.807) is 19.1 Å². The fourth-order valence-electron chi connectivity index (χ4n) is 2.22. The van der Waals surface area contributed by atoms with E-state index in [1.807, 2.05) is 17.8 Å². The molecule has 21 heavy (non-hydrogen) atoms. The van der Waals surface area contributed by atoms with E-state index in [-0.39, 0.29) is 12.6 Å². The van der Waals surface area contributed by atoms with Crippen LogP contribution >= 0.6 is 11.8 Å². The Morgan fingerprint density at radius 2 is 2.10 bits per heavy atom. The first-order valence-electron chi connectivity index (χ1n) is 6.92. The van der Waals surface area contributed by atoms with Gasteiger partial charge in [-0.05, 0) is 49.0 Å². The Balaban J connectivity index is 2.25. The number of hydrogen-bond acceptors (Lipinski definition) is 4. The third-order valence-corrected chi connectivity index (χ3v) is 6.07. The van der Waals surface area contributed by atoms with Crippen molar-refractivity contribution in [3.63, 3.8) is 0 Å². The Morgan fingerprint density at radius 3 is 2.76 bits per heavy atom. The number of nitrogens with two attached hydrogens (primary N) is 1. The molecule has 0 amide bonds. The summed E-state index contributed by atoms with van der Waals surface area (Å²) >= 11 is 1.87. The molecule has 1 aliphatic heterocycles. The topological polar surface area (TPSA) is 72.2 Å². The van der Waals surface area contributed by atoms with E-state index in [4.69, 9.17) is 5.73 Å². The lowest BCUT2D eigenvalue weighted by Gasteiger charge is -2.22. The summed E-state index contributed by atoms with van der Waals surface area (Å²) in [5, 5.41) is 0. The maximum Gasteiger partial charge on any atom is 0.241 e. The minimum atomic E-state index is -3.50. The van der Waals surface area contributed by atoms with Gasteiger partial charge < -0.3 is 5.73 Å². The SMILES string of the molecule is Cc1ccc(C#CCN)cc1S(=O)(=O)NC1CCSCC1. The average molecular weight is 324 g/mol. The van der Waals surface area contributed by atoms with Gasteiger partial charge in [0.25, 0.3) is 0 Å². The van der Waals surface area contributed by atoms with Gasteiger partial charge in [0.2, 0.25) is 10.0 Å². The summed E-state index contributed by atoms with van der Waals surface area (Å²) in [6, 6.07) is 5.26. The van der Waals surface area contributed by atoms with Crippen LogP contribution in [0.4, 0.5) is 0 Å². The van der Waals surface area contributed by atoms with Crippen molar-refractivity contribution in [1.82, 2.24) is 4.72 Å². The first kappa shape index (κ1) is 16.4. The van der Waals surface area contributed by atoms with Gasteiger partial charge in [-0.25, -0.2) is 13.1 Å². The van der Waals surface area contributed by atoms with Gasteiger partial charge in [-0.15, -0.1) is 0 Å². The van der Waals surface area contributed by atoms with Gasteiger partial charge in [0, 0.05) is 11.6 Å². The molecule has 0 atom stereocenters. The predicted molar refractivity (Wildman–Crippen MR) is 87.8 cm³/mol. The summed E-state index contributed by atoms with van der Waals surface area (Å²) < 4.78 is 27.9. The van der Waals surface area contributed by atoms with Crippen LogP contribution in [0.15, 0.2) is 23.1 Å². The minimum absolute atomic E-state index is 0.0365. The lowest BCUT2D eigenvalue weighted by atomic mass is 10.1. The molecule has 2 rings (SSSR count). The molecule has 0 bridgehead atoms. The Labute approximate surface area is 130 Å². The van der Waals surface area contributed by atoms with Crippen LogP contribution in [0.1, 0.15) is 24.0 Å². The van der Waals surface area contributed by atoms with Gasteiger partial charge in [0.15, 0.2) is 0 Å². The molecule has 3 N–H and O–H groups in total. The largest absolute Gasteiger partial charge is 0.320 e. The zero-order valence-electron chi connectivity index (χ0n) is 12.1. The molecule has 1 fully saturated rings. The molecule has 0 unspecified atom stereocenters. The molecule has 0 aliphatic carbocycles. The maximum atomic E-state index is 12.6. The maximum absolute atomic E-state index is 12.6. The van der Waals surface area contributed by atoms with Crippen LogP contribution < -0.4 is 10.5 Å². The number of hydrogen-bond donors (Lipinski definition) is 2. The minimum Gasteiger partial charge on any atom is -0.320 e. The monoisotopic (exact) mass is 324 g/mol. The lowest BCUT2D eigenvalue weighted by molar-refractivity contribution is 0.528. The molecular formula is C15H20N2O2S2. The second kappa shape index (κ2) is 7.32. The molecule has 0 radical (unpaired) electrons. The molecule has 1 saturated heterocycles. The molecule has 1 heterocycles. The third-order valence-electron chi connectivity index (χ3n) is 3.36. The zero-order chi connectivity index (χ0) is 15.3. The van der Waals surface area contributed by atoms with Gasteiger partial charge in [-0.1, -0.05) is 17.9 Å². The van der Waals surface area contributed by atoms with Crippen LogP contribution in [0.5, 0.6) is 0 Å². The quantitative estimate of drug-likeness (QED) is 0.826. The fourth-order valence-corrected chi connectivity index (χ4v) is 4.90. The standard InChI is InChI=1S/C15H20N2O2S2/c1-12-4-5-13(3-2-8-16)11-15(12)21(18,19)17-14-6-9-20-10-7-14/h4-5,11,14,17H,6-10,16H2,1H3. The van der Waals surface area contributed by atoms with Crippen LogP contribution in [-0.2, 0) is 10.0 Å². The normalized spacial score (nSPS) is 16.3. The van der Waals surface area contributed by atoms with Crippen molar-refractivity contribution in [1.29, 1.82) is 0 Å². The molecule has 0 aromatic heterocycles. The number of thioether (sulfide) groups is 1. The van der Waals surface area contributed by atoms with E-state index < -0.39 is 10.0 Å². The van der Waals surface area contributed by atoms with Crippen LogP contribution in [0.3, 0.4) is 0 Å². The van der Waals surface area contributed by atoms with E-state index >= 15 is 0 Å². The summed E-state index contributed by atoms with van der Waals surface area (Å²) in [5.41, 5.74) is 6.75. The molecule has 0 spiro atoms. The summed E-state index contributed by atoms with van der Waals surface area (Å²) in [6.45, 7) is 2.05. The average Bonchev–Trinajstić information content (AvgIpc) is 2.47. The highest BCUT2D eigenvalue weighted by Crippen LogP contribution is 2.21. The molecule has 0 saturated carbocycles. The number of aryl methyl sites for hydroxylation is 1. The van der Waals surface area contributed by atoms with Crippen molar-refractivity contribution in [2.75, 3.05) is 18.1 Å². The van der Waals surface area contributed by atoms with E-state index in [1.165, 1.54) is 0 Å². The Morgan fingerprint density at radius 1 is 1.38 bits per heavy atom. The van der Waals surface area contributed by atoms with Crippen molar-refractivity contribution in [2.24, 2.45) is 5.73 Å². The summed E-state index contributed by atoms with van der Waals surface area (Å²) in [5.74, 6) is 7.64. The summed E-state index contributed by atoms with van der Waals surface area (Å²) in [4.78, 5) is 0.310. The molecule has 6 heteroatoms. The molecule has 1 aromatic rings. The van der Waals surface area contributed by atoms with Crippen molar-refractivity contribution >= 4 is 21.8 Å². The molecule has 4 nitrogen and oxygen atoms in total. The predicted octanol–water partition coefficient (Wildman–Crippen LogP) is 1.48. The smallest absolute Gasteiger partial charge is 0.241 e. The van der Waals surface area contributed by atoms with Crippen LogP contribution in [-0.4, -0.2) is 32.5 Å². The Kier molecular flexibility index (Phi) is 5.71. The van der Waals surface area contributed by atoms with E-state index in [9.17, 15) is 8.42 Å². The van der Waals surface area contributed by atoms with Gasteiger partial charge >= 0.3 is 0 Å². The molecule has 114 valence electrons. The number of benzene rings is 1. The van der Waals surface area contributed by atoms with Crippen LogP contribution in [0, 0.1) is 18.8 Å². The van der Waals surface area contributed by atoms with Crippen LogP contribution in [0.2, 0.25) is 0 Å². The summed E-state index contributed by atoms with van der Waals surface area (Å²) in [6.07, 6.45) is 1.77. The van der Waals surface area contributed by atoms with Gasteiger partial charge in [0.1, 0.15) is 0 Å². The number of rotatable bonds is 3. The molecule has 1 aromatic carbocycles. The van der Waals surface area contributed by atoms with Crippen molar-refractivity contribution < 1.29 is 8.42 Å². The number of nitrogens with one attached hydrogen (secondary N) is 1. The highest BCUT2D eigenvalue weighted by Gasteiger charge is 2.23. The van der Waals surface area contributed by atoms with Gasteiger partial charge in [-0.2, -0.15) is 11.8 Å². The van der Waals surface area contributed by atoms with E-state index in [0.29, 0.717) is 10.5 Å². The fraction of sp³-hybridized carbons (Fsp3) is 0.467. The first-order valence-corrected chi connectivity index (χ1v) is 9.56. The second-order valence-electron chi connectivity index (χ2n) is 4.99.